The predicted molar refractivity (Wildman–Crippen MR) is 98.5 cm³/mol. The van der Waals surface area contributed by atoms with E-state index >= 15 is 0 Å². The molecule has 0 aromatic heterocycles. The number of aliphatic imine (C=N–C) groups is 1. The zero-order valence-corrected chi connectivity index (χ0v) is 15.4. The van der Waals surface area contributed by atoms with Crippen LogP contribution in [0.1, 0.15) is 37.5 Å². The normalized spacial score (nSPS) is 19.0. The second-order valence-electron chi connectivity index (χ2n) is 6.41. The summed E-state index contributed by atoms with van der Waals surface area (Å²) in [6, 6.07) is 8.44. The fourth-order valence-electron chi connectivity index (χ4n) is 2.90. The molecule has 0 bridgehead atoms. The van der Waals surface area contributed by atoms with E-state index in [4.69, 9.17) is 9.47 Å². The van der Waals surface area contributed by atoms with Gasteiger partial charge in [-0.25, -0.2) is 0 Å². The Balaban J connectivity index is 1.86. The number of hydrogen-bond donors (Lipinski definition) is 1. The van der Waals surface area contributed by atoms with Crippen LogP contribution in [0, 0.1) is 6.92 Å². The van der Waals surface area contributed by atoms with E-state index in [0.29, 0.717) is 6.10 Å². The van der Waals surface area contributed by atoms with Gasteiger partial charge >= 0.3 is 0 Å². The third kappa shape index (κ3) is 5.49. The minimum atomic E-state index is 0.0998. The summed E-state index contributed by atoms with van der Waals surface area (Å²) in [6.07, 6.45) is 1.36. The smallest absolute Gasteiger partial charge is 0.193 e. The fourth-order valence-corrected chi connectivity index (χ4v) is 2.90. The molecule has 1 aliphatic rings. The molecule has 1 heterocycles. The van der Waals surface area contributed by atoms with Crippen molar-refractivity contribution in [1.29, 1.82) is 0 Å². The molecule has 0 aliphatic carbocycles. The van der Waals surface area contributed by atoms with Gasteiger partial charge < -0.3 is 19.7 Å². The molecule has 1 N–H and O–H groups in total. The van der Waals surface area contributed by atoms with E-state index in [9.17, 15) is 0 Å². The van der Waals surface area contributed by atoms with Gasteiger partial charge in [0.15, 0.2) is 5.96 Å². The van der Waals surface area contributed by atoms with Crippen molar-refractivity contribution in [2.75, 3.05) is 39.9 Å². The Morgan fingerprint density at radius 3 is 2.92 bits per heavy atom. The van der Waals surface area contributed by atoms with E-state index in [0.717, 1.165) is 45.2 Å². The zero-order chi connectivity index (χ0) is 17.4. The van der Waals surface area contributed by atoms with Crippen LogP contribution in [0.4, 0.5) is 0 Å². The monoisotopic (exact) mass is 333 g/mol. The lowest BCUT2D eigenvalue weighted by Crippen LogP contribution is -2.48. The molecule has 134 valence electrons. The second-order valence-corrected chi connectivity index (χ2v) is 6.41. The van der Waals surface area contributed by atoms with E-state index < -0.39 is 0 Å². The van der Waals surface area contributed by atoms with Crippen molar-refractivity contribution in [1.82, 2.24) is 10.2 Å². The van der Waals surface area contributed by atoms with E-state index in [-0.39, 0.29) is 6.10 Å². The molecular weight excluding hydrogens is 302 g/mol. The highest BCUT2D eigenvalue weighted by molar-refractivity contribution is 5.80. The summed E-state index contributed by atoms with van der Waals surface area (Å²) in [5.41, 5.74) is 2.54. The highest BCUT2D eigenvalue weighted by atomic mass is 16.5. The summed E-state index contributed by atoms with van der Waals surface area (Å²) in [6.45, 7) is 10.3. The van der Waals surface area contributed by atoms with E-state index in [1.165, 1.54) is 11.1 Å². The summed E-state index contributed by atoms with van der Waals surface area (Å²) in [5.74, 6) is 0.946. The molecule has 5 heteroatoms. The molecule has 0 saturated carbocycles. The summed E-state index contributed by atoms with van der Waals surface area (Å²) < 4.78 is 11.6. The zero-order valence-electron chi connectivity index (χ0n) is 15.4. The van der Waals surface area contributed by atoms with Gasteiger partial charge in [-0.3, -0.25) is 4.99 Å². The van der Waals surface area contributed by atoms with Gasteiger partial charge in [0.1, 0.15) is 6.10 Å². The summed E-state index contributed by atoms with van der Waals surface area (Å²) >= 11 is 0. The first-order valence-electron chi connectivity index (χ1n) is 8.86. The Bertz CT molecular complexity index is 531. The Hall–Kier alpha value is -1.59. The maximum absolute atomic E-state index is 5.99. The van der Waals surface area contributed by atoms with Gasteiger partial charge in [-0.1, -0.05) is 24.3 Å². The highest BCUT2D eigenvalue weighted by Gasteiger charge is 2.24. The maximum atomic E-state index is 5.99. The first-order chi connectivity index (χ1) is 11.6. The Labute approximate surface area is 146 Å². The summed E-state index contributed by atoms with van der Waals surface area (Å²) in [4.78, 5) is 6.71. The first kappa shape index (κ1) is 18.7. The van der Waals surface area contributed by atoms with Crippen LogP contribution < -0.4 is 5.32 Å². The minimum absolute atomic E-state index is 0.0998. The molecule has 5 nitrogen and oxygen atoms in total. The van der Waals surface area contributed by atoms with Crippen molar-refractivity contribution in [3.63, 3.8) is 0 Å². The quantitative estimate of drug-likeness (QED) is 0.494. The standard InChI is InChI=1S/C19H31N3O2/c1-15(2)23-12-7-10-21-19(20-4)22-11-13-24-18(14-22)17-9-6-5-8-16(17)3/h5-6,8-9,15,18H,7,10-14H2,1-4H3,(H,20,21). The Kier molecular flexibility index (Phi) is 7.53. The van der Waals surface area contributed by atoms with Gasteiger partial charge in [0.25, 0.3) is 0 Å². The lowest BCUT2D eigenvalue weighted by Gasteiger charge is -2.35. The third-order valence-corrected chi connectivity index (χ3v) is 4.17. The fraction of sp³-hybridized carbons (Fsp3) is 0.632. The molecular formula is C19H31N3O2. The van der Waals surface area contributed by atoms with Crippen LogP contribution in [0.3, 0.4) is 0 Å². The number of ether oxygens (including phenoxy) is 2. The van der Waals surface area contributed by atoms with Crippen LogP contribution in [0.25, 0.3) is 0 Å². The molecule has 0 amide bonds. The molecule has 1 fully saturated rings. The number of nitrogens with one attached hydrogen (secondary N) is 1. The molecule has 24 heavy (non-hydrogen) atoms. The van der Waals surface area contributed by atoms with Gasteiger partial charge in [0.05, 0.1) is 19.3 Å². The molecule has 2 rings (SSSR count). The highest BCUT2D eigenvalue weighted by Crippen LogP contribution is 2.24. The number of guanidine groups is 1. The van der Waals surface area contributed by atoms with Crippen molar-refractivity contribution >= 4 is 5.96 Å². The average molecular weight is 333 g/mol. The molecule has 1 aliphatic heterocycles. The van der Waals surface area contributed by atoms with Gasteiger partial charge in [0.2, 0.25) is 0 Å². The molecule has 1 aromatic carbocycles. The van der Waals surface area contributed by atoms with E-state index in [2.05, 4.69) is 60.2 Å². The van der Waals surface area contributed by atoms with Gasteiger partial charge in [-0.05, 0) is 38.3 Å². The lowest BCUT2D eigenvalue weighted by molar-refractivity contribution is -0.00836. The predicted octanol–water partition coefficient (Wildman–Crippen LogP) is 2.76. The van der Waals surface area contributed by atoms with Crippen molar-refractivity contribution in [2.24, 2.45) is 4.99 Å². The number of morpholine rings is 1. The van der Waals surface area contributed by atoms with Crippen molar-refractivity contribution in [3.8, 4) is 0 Å². The van der Waals surface area contributed by atoms with Crippen molar-refractivity contribution in [3.05, 3.63) is 35.4 Å². The van der Waals surface area contributed by atoms with E-state index in [1.54, 1.807) is 0 Å². The molecule has 1 aromatic rings. The van der Waals surface area contributed by atoms with Gasteiger partial charge in [-0.15, -0.1) is 0 Å². The third-order valence-electron chi connectivity index (χ3n) is 4.17. The van der Waals surface area contributed by atoms with Crippen LogP contribution in [-0.4, -0.2) is 56.9 Å². The number of nitrogens with zero attached hydrogens (tertiary/aromatic N) is 2. The van der Waals surface area contributed by atoms with Crippen molar-refractivity contribution < 1.29 is 9.47 Å². The van der Waals surface area contributed by atoms with Crippen LogP contribution in [0.2, 0.25) is 0 Å². The topological polar surface area (TPSA) is 46.1 Å². The number of benzene rings is 1. The summed E-state index contributed by atoms with van der Waals surface area (Å²) in [7, 11) is 1.84. The van der Waals surface area contributed by atoms with Crippen molar-refractivity contribution in [2.45, 2.75) is 39.4 Å². The molecule has 1 saturated heterocycles. The van der Waals surface area contributed by atoms with Crippen LogP contribution in [0.15, 0.2) is 29.3 Å². The SMILES string of the molecule is CN=C(NCCCOC(C)C)N1CCOC(c2ccccc2C)C1. The second kappa shape index (κ2) is 9.64. The average Bonchev–Trinajstić information content (AvgIpc) is 2.58. The van der Waals surface area contributed by atoms with Crippen LogP contribution in [-0.2, 0) is 9.47 Å². The van der Waals surface area contributed by atoms with Crippen LogP contribution >= 0.6 is 0 Å². The Morgan fingerprint density at radius 2 is 2.21 bits per heavy atom. The van der Waals surface area contributed by atoms with Crippen LogP contribution in [0.5, 0.6) is 0 Å². The minimum Gasteiger partial charge on any atom is -0.379 e. The molecule has 0 radical (unpaired) electrons. The first-order valence-corrected chi connectivity index (χ1v) is 8.86. The molecule has 1 unspecified atom stereocenters. The Morgan fingerprint density at radius 1 is 1.42 bits per heavy atom. The molecule has 1 atom stereocenters. The molecule has 0 spiro atoms. The van der Waals surface area contributed by atoms with E-state index in [1.807, 2.05) is 7.05 Å². The largest absolute Gasteiger partial charge is 0.379 e. The van der Waals surface area contributed by atoms with Gasteiger partial charge in [-0.2, -0.15) is 0 Å². The number of rotatable bonds is 6. The number of hydrogen-bond acceptors (Lipinski definition) is 3. The lowest BCUT2D eigenvalue weighted by atomic mass is 10.0. The number of aryl methyl sites for hydroxylation is 1. The maximum Gasteiger partial charge on any atom is 0.193 e. The summed E-state index contributed by atoms with van der Waals surface area (Å²) in [5, 5.41) is 3.44. The van der Waals surface area contributed by atoms with Gasteiger partial charge in [0, 0.05) is 26.7 Å².